The minimum absolute atomic E-state index is 0.000589. The lowest BCUT2D eigenvalue weighted by atomic mass is 9.81. The fourth-order valence-corrected chi connectivity index (χ4v) is 12.7. The Labute approximate surface area is 543 Å². The summed E-state index contributed by atoms with van der Waals surface area (Å²) in [7, 11) is 3.20. The highest BCUT2D eigenvalue weighted by atomic mass is 16.8. The van der Waals surface area contributed by atoms with Crippen LogP contribution in [0.5, 0.6) is 0 Å². The number of rotatable bonds is 25. The number of hydrogen-bond donors (Lipinski definition) is 13. The maximum absolute atomic E-state index is 14.6. The maximum atomic E-state index is 14.6. The topological polar surface area (TPSA) is 504 Å². The van der Waals surface area contributed by atoms with Crippen LogP contribution in [0.2, 0.25) is 0 Å². The van der Waals surface area contributed by atoms with Gasteiger partial charge in [0.15, 0.2) is 18.9 Å². The van der Waals surface area contributed by atoms with E-state index >= 15 is 0 Å². The van der Waals surface area contributed by atoms with Gasteiger partial charge in [-0.25, -0.2) is 14.4 Å². The van der Waals surface area contributed by atoms with Gasteiger partial charge in [-0.15, -0.1) is 0 Å². The fraction of sp³-hybridized carbons (Fsp3) is 0.705. The average Bonchev–Trinajstić information content (AvgIpc) is 1.76. The molecule has 1 aliphatic carbocycles. The van der Waals surface area contributed by atoms with Crippen LogP contribution in [0.25, 0.3) is 0 Å². The smallest absolute Gasteiger partial charge is 0.337 e. The molecule has 3 saturated heterocycles. The highest BCUT2D eigenvalue weighted by Crippen LogP contribution is 2.46. The lowest BCUT2D eigenvalue weighted by molar-refractivity contribution is -0.327. The Morgan fingerprint density at radius 3 is 1.15 bits per heavy atom. The van der Waals surface area contributed by atoms with Crippen molar-refractivity contribution in [2.75, 3.05) is 61.0 Å². The number of carbonyl (C=O) groups excluding carboxylic acids is 6. The van der Waals surface area contributed by atoms with Gasteiger partial charge < -0.3 is 137 Å². The molecular weight excluding hydrogens is 1280 g/mol. The average molecular weight is 1360 g/mol. The van der Waals surface area contributed by atoms with Gasteiger partial charge in [-0.05, 0) is 33.1 Å². The van der Waals surface area contributed by atoms with Crippen molar-refractivity contribution in [2.24, 2.45) is 41.4 Å². The van der Waals surface area contributed by atoms with Crippen LogP contribution >= 0.6 is 0 Å². The standard InChI is InChI=1S/C61H86O34/c1-8-26-29(33(53(78)81-5)21-86-56(26)93-59-50(75)47(72)44(69)37(16-63)90-59)12-40(66)84-19-25(15-62)43-32(20-85-41(67)13-30-27(9-2)57(87-22-34(30)54(79)82-6)94-60-51(76)48(73)45(70)38(17-64)91-60)24(4)11-36(43)89-42(68)14-31-28(10-3)58(88-23-35(31)55(80)83-7)95-61-52(77)49(74)46(71)39(18-65)92-61/h8-10,21-25,29-32,36-39,43-52,56-65,69-77H,11-20H2,1-7H3/b26-8+,27-9+,28-10+/t24-,25-,29-,30+,31-,32+,36-,37+,38+,39+,43-,44+,45+,46+,47-,48-,49-,50+,51+,52+,56-,57-,58-,59-,60-,61-/m0/s1. The molecule has 7 rings (SSSR count). The van der Waals surface area contributed by atoms with Gasteiger partial charge >= 0.3 is 35.8 Å². The predicted molar refractivity (Wildman–Crippen MR) is 308 cm³/mol. The third-order valence-electron chi connectivity index (χ3n) is 18.0. The Morgan fingerprint density at radius 2 is 0.832 bits per heavy atom. The highest BCUT2D eigenvalue weighted by Gasteiger charge is 2.53. The molecule has 34 nitrogen and oxygen atoms in total. The second-order valence-electron chi connectivity index (χ2n) is 23.5. The molecule has 1 saturated carbocycles. The quantitative estimate of drug-likeness (QED) is 0.0232. The van der Waals surface area contributed by atoms with E-state index in [1.165, 1.54) is 39.0 Å². The Balaban J connectivity index is 1.14. The fourth-order valence-electron chi connectivity index (χ4n) is 12.7. The van der Waals surface area contributed by atoms with Gasteiger partial charge in [-0.3, -0.25) is 14.4 Å². The molecular formula is C61H86O34. The Kier molecular flexibility index (Phi) is 27.6. The van der Waals surface area contributed by atoms with Crippen molar-refractivity contribution in [1.29, 1.82) is 0 Å². The summed E-state index contributed by atoms with van der Waals surface area (Å²) in [5.41, 5.74) is -0.359. The molecule has 0 spiro atoms. The van der Waals surface area contributed by atoms with Crippen LogP contribution in [0.1, 0.15) is 53.4 Å². The van der Waals surface area contributed by atoms with Gasteiger partial charge in [0, 0.05) is 58.8 Å². The minimum Gasteiger partial charge on any atom is -0.468 e. The zero-order valence-corrected chi connectivity index (χ0v) is 52.9. The second kappa shape index (κ2) is 34.4. The molecule has 0 aromatic heterocycles. The van der Waals surface area contributed by atoms with E-state index < -0.39 is 253 Å². The van der Waals surface area contributed by atoms with E-state index in [1.54, 1.807) is 6.92 Å². The maximum Gasteiger partial charge on any atom is 0.337 e. The number of carbonyl (C=O) groups is 6. The lowest BCUT2D eigenvalue weighted by Gasteiger charge is -2.42. The van der Waals surface area contributed by atoms with Crippen LogP contribution < -0.4 is 0 Å². The molecule has 534 valence electrons. The van der Waals surface area contributed by atoms with Crippen molar-refractivity contribution in [3.05, 3.63) is 70.5 Å². The number of aliphatic hydroxyl groups excluding tert-OH is 13. The van der Waals surface area contributed by atoms with Gasteiger partial charge in [0.25, 0.3) is 0 Å². The number of hydrogen-bond acceptors (Lipinski definition) is 34. The zero-order chi connectivity index (χ0) is 69.9. The molecule has 0 radical (unpaired) electrons. The first kappa shape index (κ1) is 76.3. The van der Waals surface area contributed by atoms with E-state index in [1.807, 2.05) is 0 Å². The van der Waals surface area contributed by atoms with Crippen LogP contribution in [-0.4, -0.2) is 280 Å². The number of ether oxygens (including phenoxy) is 15. The van der Waals surface area contributed by atoms with Crippen molar-refractivity contribution >= 4 is 35.8 Å². The third kappa shape index (κ3) is 17.1. The summed E-state index contributed by atoms with van der Waals surface area (Å²) in [6.45, 7) is 1.96. The molecule has 34 heteroatoms. The molecule has 6 heterocycles. The summed E-state index contributed by atoms with van der Waals surface area (Å²) in [5.74, 6) is -13.2. The predicted octanol–water partition coefficient (Wildman–Crippen LogP) is -4.59. The van der Waals surface area contributed by atoms with Crippen LogP contribution in [0.4, 0.5) is 0 Å². The normalized spacial score (nSPS) is 38.8. The molecule has 7 aliphatic rings. The van der Waals surface area contributed by atoms with E-state index in [9.17, 15) is 95.2 Å². The van der Waals surface area contributed by atoms with E-state index in [4.69, 9.17) is 71.1 Å². The number of aliphatic hydroxyl groups is 13. The van der Waals surface area contributed by atoms with Crippen LogP contribution in [0.15, 0.2) is 70.5 Å². The molecule has 6 aliphatic heterocycles. The molecule has 0 aromatic carbocycles. The van der Waals surface area contributed by atoms with Crippen molar-refractivity contribution in [1.82, 2.24) is 0 Å². The summed E-state index contributed by atoms with van der Waals surface area (Å²) in [4.78, 5) is 82.9. The van der Waals surface area contributed by atoms with Crippen molar-refractivity contribution < 1.29 is 166 Å². The van der Waals surface area contributed by atoms with Crippen LogP contribution in [-0.2, 0) is 99.8 Å². The number of allylic oxidation sites excluding steroid dienone is 3. The van der Waals surface area contributed by atoms with E-state index in [0.717, 1.165) is 40.1 Å². The SMILES string of the molecule is C/C=C1/[C@H](O[C@@H]2O[C@H](CO)[C@@H](O)[C@H](O)[C@H]2O)OC=C(C(=O)OC)[C@H]1CC(=O)OC[C@H](CO)[C@H]1[C@H](COC(=O)C[C@H]2C(C(=O)OC)=CO[C@@H](O[C@@H]3O[C@H](CO)[C@@H](O)[C@H](O)[C@H]3O)/C2=C/C)[C@@H](C)C[C@@H]1OC(=O)C[C@@H]1C(C(=O)OC)=CO[C@@H](O[C@@H]2O[C@H](CO)[C@@H](O)[C@H](O)[C@H]2O)/C1=C/C. The molecule has 4 fully saturated rings. The van der Waals surface area contributed by atoms with Gasteiger partial charge in [0.05, 0.1) is 109 Å². The first-order valence-corrected chi connectivity index (χ1v) is 30.6. The van der Waals surface area contributed by atoms with Gasteiger partial charge in [0.1, 0.15) is 79.4 Å². The molecule has 0 amide bonds. The van der Waals surface area contributed by atoms with Crippen LogP contribution in [0, 0.1) is 41.4 Å². The van der Waals surface area contributed by atoms with Crippen molar-refractivity contribution in [3.8, 4) is 0 Å². The summed E-state index contributed by atoms with van der Waals surface area (Å²) >= 11 is 0. The molecule has 95 heavy (non-hydrogen) atoms. The van der Waals surface area contributed by atoms with Crippen molar-refractivity contribution in [2.45, 2.75) is 170 Å². The van der Waals surface area contributed by atoms with Gasteiger partial charge in [-0.2, -0.15) is 0 Å². The summed E-state index contributed by atoms with van der Waals surface area (Å²) in [6.07, 6.45) is -26.4. The lowest BCUT2D eigenvalue weighted by Crippen LogP contribution is -2.60. The highest BCUT2D eigenvalue weighted by molar-refractivity contribution is 5.92. The molecule has 0 bridgehead atoms. The first-order chi connectivity index (χ1) is 45.3. The molecule has 0 aromatic rings. The molecule has 0 unspecified atom stereocenters. The summed E-state index contributed by atoms with van der Waals surface area (Å²) < 4.78 is 84.4. The largest absolute Gasteiger partial charge is 0.468 e. The Hall–Kier alpha value is -6.10. The summed E-state index contributed by atoms with van der Waals surface area (Å²) in [6, 6.07) is 0. The van der Waals surface area contributed by atoms with Crippen molar-refractivity contribution in [3.63, 3.8) is 0 Å². The third-order valence-corrected chi connectivity index (χ3v) is 18.0. The second-order valence-corrected chi connectivity index (χ2v) is 23.5. The zero-order valence-electron chi connectivity index (χ0n) is 52.9. The Bertz CT molecular complexity index is 2850. The van der Waals surface area contributed by atoms with Gasteiger partial charge in [0.2, 0.25) is 18.9 Å². The van der Waals surface area contributed by atoms with Gasteiger partial charge in [-0.1, -0.05) is 25.2 Å². The summed E-state index contributed by atoms with van der Waals surface area (Å²) in [5, 5.41) is 136. The van der Waals surface area contributed by atoms with E-state index in [2.05, 4.69) is 0 Å². The number of methoxy groups -OCH3 is 3. The monoisotopic (exact) mass is 1360 g/mol. The molecule has 26 atom stereocenters. The molecule has 13 N–H and O–H groups in total. The van der Waals surface area contributed by atoms with E-state index in [-0.39, 0.29) is 39.9 Å². The Morgan fingerprint density at radius 1 is 0.495 bits per heavy atom. The van der Waals surface area contributed by atoms with Crippen LogP contribution in [0.3, 0.4) is 0 Å². The first-order valence-electron chi connectivity index (χ1n) is 30.6. The minimum atomic E-state index is -1.89. The van der Waals surface area contributed by atoms with E-state index in [0.29, 0.717) is 0 Å². The number of esters is 6.